The molecule has 2 fully saturated rings. The lowest BCUT2D eigenvalue weighted by Gasteiger charge is -2.30. The Morgan fingerprint density at radius 1 is 1.03 bits per heavy atom. The van der Waals surface area contributed by atoms with E-state index in [0.717, 1.165) is 57.6 Å². The van der Waals surface area contributed by atoms with Crippen LogP contribution in [0.3, 0.4) is 0 Å². The van der Waals surface area contributed by atoms with E-state index >= 15 is 0 Å². The van der Waals surface area contributed by atoms with Gasteiger partial charge in [0.05, 0.1) is 23.7 Å². The molecule has 29 heavy (non-hydrogen) atoms. The maximum atomic E-state index is 12.8. The van der Waals surface area contributed by atoms with Crippen molar-refractivity contribution in [3.05, 3.63) is 29.8 Å². The number of sulfone groups is 1. The molecule has 0 spiro atoms. The summed E-state index contributed by atoms with van der Waals surface area (Å²) in [5.74, 6) is 0.806. The van der Waals surface area contributed by atoms with Crippen LogP contribution in [0.1, 0.15) is 52.0 Å². The lowest BCUT2D eigenvalue weighted by Crippen LogP contribution is -2.36. The highest BCUT2D eigenvalue weighted by Crippen LogP contribution is 2.33. The van der Waals surface area contributed by atoms with Crippen LogP contribution in [0.2, 0.25) is 0 Å². The molecule has 0 amide bonds. The minimum Gasteiger partial charge on any atom is -0.378 e. The summed E-state index contributed by atoms with van der Waals surface area (Å²) in [5.41, 5.74) is 2.24. The fraction of sp³-hybridized carbons (Fsp3) is 0.696. The van der Waals surface area contributed by atoms with Crippen LogP contribution >= 0.6 is 0 Å². The van der Waals surface area contributed by atoms with Crippen molar-refractivity contribution in [3.8, 4) is 0 Å². The third-order valence-electron chi connectivity index (χ3n) is 6.38. The van der Waals surface area contributed by atoms with Gasteiger partial charge in [0.1, 0.15) is 5.78 Å². The summed E-state index contributed by atoms with van der Waals surface area (Å²) in [5, 5.41) is 0. The first-order valence-corrected chi connectivity index (χ1v) is 12.5. The van der Waals surface area contributed by atoms with Crippen molar-refractivity contribution in [1.82, 2.24) is 0 Å². The van der Waals surface area contributed by atoms with Crippen molar-refractivity contribution in [2.24, 2.45) is 11.8 Å². The van der Waals surface area contributed by atoms with Crippen LogP contribution in [-0.2, 0) is 25.8 Å². The Morgan fingerprint density at radius 3 is 2.17 bits per heavy atom. The first kappa shape index (κ1) is 22.3. The van der Waals surface area contributed by atoms with E-state index in [2.05, 4.69) is 29.2 Å². The summed E-state index contributed by atoms with van der Waals surface area (Å²) in [6.07, 6.45) is 3.77. The van der Waals surface area contributed by atoms with Gasteiger partial charge in [-0.2, -0.15) is 0 Å². The molecule has 6 heteroatoms. The molecule has 1 saturated carbocycles. The summed E-state index contributed by atoms with van der Waals surface area (Å²) in [6, 6.07) is 8.32. The standard InChI is InChI=1S/C23H35NO4S/c1-23(2,3)29(26,27)17-19-4-8-20(9-5-19)22(25)16-18-6-10-21(11-7-18)24-12-14-28-15-13-24/h6-7,10-11,19-20H,4-5,8-9,12-17H2,1-3H3. The third kappa shape index (κ3) is 5.82. The zero-order valence-corrected chi connectivity index (χ0v) is 18.8. The topological polar surface area (TPSA) is 63.7 Å². The molecule has 1 saturated heterocycles. The molecular formula is C23H35NO4S. The van der Waals surface area contributed by atoms with Crippen LogP contribution in [0.25, 0.3) is 0 Å². The number of morpholine rings is 1. The fourth-order valence-corrected chi connectivity index (χ4v) is 5.66. The van der Waals surface area contributed by atoms with E-state index < -0.39 is 14.6 Å². The Kier molecular flexibility index (Phi) is 7.05. The highest BCUT2D eigenvalue weighted by atomic mass is 32.2. The molecule has 1 aliphatic carbocycles. The lowest BCUT2D eigenvalue weighted by atomic mass is 9.79. The maximum absolute atomic E-state index is 12.8. The summed E-state index contributed by atoms with van der Waals surface area (Å²) in [4.78, 5) is 15.1. The van der Waals surface area contributed by atoms with Gasteiger partial charge >= 0.3 is 0 Å². The molecule has 0 aromatic heterocycles. The predicted molar refractivity (Wildman–Crippen MR) is 117 cm³/mol. The SMILES string of the molecule is CC(C)(C)S(=O)(=O)CC1CCC(C(=O)Cc2ccc(N3CCOCC3)cc2)CC1. The number of carbonyl (C=O) groups is 1. The molecule has 2 aliphatic rings. The van der Waals surface area contributed by atoms with Gasteiger partial charge in [0.2, 0.25) is 0 Å². The van der Waals surface area contributed by atoms with Crippen molar-refractivity contribution < 1.29 is 17.9 Å². The first-order chi connectivity index (χ1) is 13.7. The zero-order chi connectivity index (χ0) is 21.1. The quantitative estimate of drug-likeness (QED) is 0.701. The molecule has 1 heterocycles. The molecule has 1 aromatic rings. The van der Waals surface area contributed by atoms with Gasteiger partial charge in [-0.1, -0.05) is 12.1 Å². The number of hydrogen-bond donors (Lipinski definition) is 0. The van der Waals surface area contributed by atoms with Crippen LogP contribution in [0.15, 0.2) is 24.3 Å². The number of ether oxygens (including phenoxy) is 1. The van der Waals surface area contributed by atoms with E-state index in [4.69, 9.17) is 4.74 Å². The fourth-order valence-electron chi connectivity index (χ4n) is 4.20. The van der Waals surface area contributed by atoms with Crippen LogP contribution in [0.4, 0.5) is 5.69 Å². The molecule has 5 nitrogen and oxygen atoms in total. The minimum atomic E-state index is -3.09. The zero-order valence-electron chi connectivity index (χ0n) is 18.0. The predicted octanol–water partition coefficient (Wildman–Crippen LogP) is 3.65. The molecule has 3 rings (SSSR count). The number of Topliss-reactive ketones (excluding diaryl/α,β-unsaturated/α-hetero) is 1. The second kappa shape index (κ2) is 9.17. The first-order valence-electron chi connectivity index (χ1n) is 10.8. The summed E-state index contributed by atoms with van der Waals surface area (Å²) < 4.78 is 29.6. The van der Waals surface area contributed by atoms with Crippen molar-refractivity contribution in [2.75, 3.05) is 37.0 Å². The molecule has 0 bridgehead atoms. The van der Waals surface area contributed by atoms with Crippen molar-refractivity contribution in [1.29, 1.82) is 0 Å². The Hall–Kier alpha value is -1.40. The Balaban J connectivity index is 1.48. The normalized spacial score (nSPS) is 23.8. The summed E-state index contributed by atoms with van der Waals surface area (Å²) in [6.45, 7) is 8.64. The smallest absolute Gasteiger partial charge is 0.155 e. The molecule has 0 N–H and O–H groups in total. The number of carbonyl (C=O) groups excluding carboxylic acids is 1. The highest BCUT2D eigenvalue weighted by Gasteiger charge is 2.34. The average molecular weight is 422 g/mol. The second-order valence-corrected chi connectivity index (χ2v) is 12.3. The van der Waals surface area contributed by atoms with Crippen molar-refractivity contribution in [3.63, 3.8) is 0 Å². The van der Waals surface area contributed by atoms with Crippen molar-refractivity contribution in [2.45, 2.75) is 57.6 Å². The third-order valence-corrected chi connectivity index (χ3v) is 9.16. The van der Waals surface area contributed by atoms with Crippen LogP contribution in [0.5, 0.6) is 0 Å². The van der Waals surface area contributed by atoms with Gasteiger partial charge in [0, 0.05) is 31.1 Å². The van der Waals surface area contributed by atoms with Crippen LogP contribution in [-0.4, -0.2) is 51.0 Å². The van der Waals surface area contributed by atoms with Crippen LogP contribution in [0, 0.1) is 11.8 Å². The number of hydrogen-bond acceptors (Lipinski definition) is 5. The van der Waals surface area contributed by atoms with Crippen molar-refractivity contribution >= 4 is 21.3 Å². The van der Waals surface area contributed by atoms with Gasteiger partial charge in [-0.05, 0) is 70.1 Å². The summed E-state index contributed by atoms with van der Waals surface area (Å²) >= 11 is 0. The van der Waals surface area contributed by atoms with E-state index in [9.17, 15) is 13.2 Å². The van der Waals surface area contributed by atoms with Gasteiger partial charge in [0.15, 0.2) is 9.84 Å². The monoisotopic (exact) mass is 421 g/mol. The van der Waals surface area contributed by atoms with E-state index in [1.165, 1.54) is 5.69 Å². The van der Waals surface area contributed by atoms with Gasteiger partial charge in [-0.25, -0.2) is 8.42 Å². The summed E-state index contributed by atoms with van der Waals surface area (Å²) in [7, 11) is -3.09. The molecule has 0 unspecified atom stereocenters. The number of nitrogens with zero attached hydrogens (tertiary/aromatic N) is 1. The largest absolute Gasteiger partial charge is 0.378 e. The Labute approximate surface area is 175 Å². The van der Waals surface area contributed by atoms with E-state index in [-0.39, 0.29) is 17.6 Å². The Bertz CT molecular complexity index is 781. The van der Waals surface area contributed by atoms with E-state index in [0.29, 0.717) is 12.2 Å². The Morgan fingerprint density at radius 2 is 1.62 bits per heavy atom. The van der Waals surface area contributed by atoms with E-state index in [1.807, 2.05) is 0 Å². The second-order valence-electron chi connectivity index (χ2n) is 9.52. The molecule has 1 aromatic carbocycles. The molecule has 0 atom stereocenters. The lowest BCUT2D eigenvalue weighted by molar-refractivity contribution is -0.123. The van der Waals surface area contributed by atoms with Gasteiger partial charge in [-0.3, -0.25) is 4.79 Å². The average Bonchev–Trinajstić information content (AvgIpc) is 2.68. The number of rotatable bonds is 6. The van der Waals surface area contributed by atoms with Gasteiger partial charge < -0.3 is 9.64 Å². The van der Waals surface area contributed by atoms with E-state index in [1.54, 1.807) is 20.8 Å². The molecule has 1 aliphatic heterocycles. The number of anilines is 1. The molecular weight excluding hydrogens is 386 g/mol. The van der Waals surface area contributed by atoms with Gasteiger partial charge in [0.25, 0.3) is 0 Å². The maximum Gasteiger partial charge on any atom is 0.155 e. The highest BCUT2D eigenvalue weighted by molar-refractivity contribution is 7.92. The number of benzene rings is 1. The molecule has 0 radical (unpaired) electrons. The minimum absolute atomic E-state index is 0.0718. The number of ketones is 1. The van der Waals surface area contributed by atoms with Gasteiger partial charge in [-0.15, -0.1) is 0 Å². The van der Waals surface area contributed by atoms with Crippen LogP contribution < -0.4 is 4.90 Å². The molecule has 162 valence electrons.